The van der Waals surface area contributed by atoms with Crippen LogP contribution < -0.4 is 0 Å². The first-order chi connectivity index (χ1) is 8.85. The van der Waals surface area contributed by atoms with Crippen LogP contribution in [0.3, 0.4) is 0 Å². The van der Waals surface area contributed by atoms with Crippen molar-refractivity contribution in [1.82, 2.24) is 4.90 Å². The monoisotopic (exact) mass is 289 g/mol. The molecule has 7 heteroatoms. The summed E-state index contributed by atoms with van der Waals surface area (Å²) in [6.45, 7) is 1.76. The van der Waals surface area contributed by atoms with Crippen molar-refractivity contribution in [2.75, 3.05) is 18.8 Å². The van der Waals surface area contributed by atoms with Gasteiger partial charge in [0.05, 0.1) is 5.25 Å². The highest BCUT2D eigenvalue weighted by Crippen LogP contribution is 2.20. The lowest BCUT2D eigenvalue weighted by Gasteiger charge is -2.38. The number of sulfone groups is 1. The molecule has 2 rings (SSSR count). The molecular formula is C12H13F2NO3S. The minimum absolute atomic E-state index is 0.0197. The molecule has 0 saturated carbocycles. The largest absolute Gasteiger partial charge is 0.336 e. The van der Waals surface area contributed by atoms with Crippen LogP contribution in [0.2, 0.25) is 0 Å². The number of amides is 1. The molecule has 1 aromatic carbocycles. The smallest absolute Gasteiger partial charge is 0.254 e. The number of likely N-dealkylation sites (tertiary alicyclic amines) is 1. The first-order valence-electron chi connectivity index (χ1n) is 5.81. The van der Waals surface area contributed by atoms with Gasteiger partial charge in [0.15, 0.2) is 21.5 Å². The highest BCUT2D eigenvalue weighted by atomic mass is 32.2. The van der Waals surface area contributed by atoms with Crippen molar-refractivity contribution in [2.45, 2.75) is 12.2 Å². The van der Waals surface area contributed by atoms with Crippen molar-refractivity contribution in [3.8, 4) is 0 Å². The maximum Gasteiger partial charge on any atom is 0.254 e. The Labute approximate surface area is 109 Å². The summed E-state index contributed by atoms with van der Waals surface area (Å²) in [5.74, 6) is -2.57. The maximum absolute atomic E-state index is 13.0. The Morgan fingerprint density at radius 3 is 2.47 bits per heavy atom. The molecule has 1 heterocycles. The highest BCUT2D eigenvalue weighted by Gasteiger charge is 2.38. The van der Waals surface area contributed by atoms with E-state index in [4.69, 9.17) is 0 Å². The fraction of sp³-hybridized carbons (Fsp3) is 0.417. The molecule has 0 aliphatic carbocycles. The van der Waals surface area contributed by atoms with Crippen LogP contribution in [0.1, 0.15) is 17.3 Å². The van der Waals surface area contributed by atoms with Crippen molar-refractivity contribution >= 4 is 15.7 Å². The summed E-state index contributed by atoms with van der Waals surface area (Å²) < 4.78 is 48.8. The van der Waals surface area contributed by atoms with E-state index in [0.29, 0.717) is 0 Å². The van der Waals surface area contributed by atoms with E-state index in [2.05, 4.69) is 0 Å². The maximum atomic E-state index is 13.0. The van der Waals surface area contributed by atoms with E-state index < -0.39 is 32.6 Å². The summed E-state index contributed by atoms with van der Waals surface area (Å²) in [7, 11) is -3.15. The lowest BCUT2D eigenvalue weighted by molar-refractivity contribution is 0.0658. The van der Waals surface area contributed by atoms with Crippen LogP contribution in [-0.2, 0) is 9.84 Å². The molecule has 1 aliphatic heterocycles. The van der Waals surface area contributed by atoms with Crippen LogP contribution in [-0.4, -0.2) is 43.3 Å². The fourth-order valence-electron chi connectivity index (χ4n) is 1.88. The summed E-state index contributed by atoms with van der Waals surface area (Å²) in [5.41, 5.74) is 0.0197. The lowest BCUT2D eigenvalue weighted by Crippen LogP contribution is -2.57. The van der Waals surface area contributed by atoms with E-state index in [1.165, 1.54) is 11.0 Å². The standard InChI is InChI=1S/C12H13F2NO3S/c1-2-19(17,18)9-6-15(7-9)12(16)8-3-4-10(13)11(14)5-8/h3-5,9H,2,6-7H2,1H3. The Morgan fingerprint density at radius 2 is 1.95 bits per heavy atom. The molecule has 104 valence electrons. The van der Waals surface area contributed by atoms with Gasteiger partial charge in [0.1, 0.15) is 0 Å². The van der Waals surface area contributed by atoms with Crippen LogP contribution in [0, 0.1) is 11.6 Å². The average molecular weight is 289 g/mol. The third-order valence-corrected chi connectivity index (χ3v) is 5.33. The molecule has 0 aromatic heterocycles. The number of carbonyl (C=O) groups is 1. The van der Waals surface area contributed by atoms with Crippen LogP contribution >= 0.6 is 0 Å². The molecule has 4 nitrogen and oxygen atoms in total. The van der Waals surface area contributed by atoms with Crippen molar-refractivity contribution in [3.63, 3.8) is 0 Å². The lowest BCUT2D eigenvalue weighted by atomic mass is 10.1. The van der Waals surface area contributed by atoms with Gasteiger partial charge in [0.2, 0.25) is 0 Å². The average Bonchev–Trinajstić information content (AvgIpc) is 2.30. The topological polar surface area (TPSA) is 54.5 Å². The van der Waals surface area contributed by atoms with E-state index in [9.17, 15) is 22.0 Å². The number of rotatable bonds is 3. The second-order valence-electron chi connectivity index (χ2n) is 4.41. The Morgan fingerprint density at radius 1 is 1.32 bits per heavy atom. The Balaban J connectivity index is 2.06. The SMILES string of the molecule is CCS(=O)(=O)C1CN(C(=O)c2ccc(F)c(F)c2)C1. The normalized spacial score (nSPS) is 16.3. The molecule has 1 aliphatic rings. The third kappa shape index (κ3) is 2.60. The van der Waals surface area contributed by atoms with Crippen molar-refractivity contribution < 1.29 is 22.0 Å². The fourth-order valence-corrected chi connectivity index (χ4v) is 3.16. The predicted molar refractivity (Wildman–Crippen MR) is 65.5 cm³/mol. The number of halogens is 2. The zero-order valence-corrected chi connectivity index (χ0v) is 11.1. The van der Waals surface area contributed by atoms with Gasteiger partial charge in [-0.05, 0) is 18.2 Å². The zero-order chi connectivity index (χ0) is 14.2. The molecule has 0 atom stereocenters. The Bertz CT molecular complexity index is 609. The Hall–Kier alpha value is -1.50. The molecule has 0 bridgehead atoms. The van der Waals surface area contributed by atoms with Gasteiger partial charge in [-0.3, -0.25) is 4.79 Å². The first-order valence-corrected chi connectivity index (χ1v) is 7.52. The predicted octanol–water partition coefficient (Wildman–Crippen LogP) is 1.22. The van der Waals surface area contributed by atoms with Crippen molar-refractivity contribution in [1.29, 1.82) is 0 Å². The molecule has 1 amide bonds. The number of nitrogens with zero attached hydrogens (tertiary/aromatic N) is 1. The number of benzene rings is 1. The minimum Gasteiger partial charge on any atom is -0.336 e. The zero-order valence-electron chi connectivity index (χ0n) is 10.3. The summed E-state index contributed by atoms with van der Waals surface area (Å²) >= 11 is 0. The van der Waals surface area contributed by atoms with Gasteiger partial charge in [0, 0.05) is 24.4 Å². The quantitative estimate of drug-likeness (QED) is 0.841. The van der Waals surface area contributed by atoms with Crippen LogP contribution in [0.25, 0.3) is 0 Å². The van der Waals surface area contributed by atoms with E-state index in [0.717, 1.165) is 12.1 Å². The summed E-state index contributed by atoms with van der Waals surface area (Å²) in [6.07, 6.45) is 0. The van der Waals surface area contributed by atoms with Crippen LogP contribution in [0.15, 0.2) is 18.2 Å². The van der Waals surface area contributed by atoms with Gasteiger partial charge < -0.3 is 4.90 Å². The highest BCUT2D eigenvalue weighted by molar-refractivity contribution is 7.92. The van der Waals surface area contributed by atoms with Crippen LogP contribution in [0.4, 0.5) is 8.78 Å². The van der Waals surface area contributed by atoms with Gasteiger partial charge in [-0.15, -0.1) is 0 Å². The molecule has 0 unspecified atom stereocenters. The van der Waals surface area contributed by atoms with E-state index in [1.807, 2.05) is 0 Å². The molecule has 0 N–H and O–H groups in total. The number of hydrogen-bond donors (Lipinski definition) is 0. The number of hydrogen-bond acceptors (Lipinski definition) is 3. The molecular weight excluding hydrogens is 276 g/mol. The molecule has 0 radical (unpaired) electrons. The Kier molecular flexibility index (Phi) is 3.58. The van der Waals surface area contributed by atoms with Gasteiger partial charge in [-0.2, -0.15) is 0 Å². The third-order valence-electron chi connectivity index (χ3n) is 3.21. The molecule has 1 fully saturated rings. The minimum atomic E-state index is -3.15. The summed E-state index contributed by atoms with van der Waals surface area (Å²) in [4.78, 5) is 13.2. The molecule has 1 aromatic rings. The molecule has 1 saturated heterocycles. The van der Waals surface area contributed by atoms with Crippen molar-refractivity contribution in [3.05, 3.63) is 35.4 Å². The van der Waals surface area contributed by atoms with Crippen molar-refractivity contribution in [2.24, 2.45) is 0 Å². The van der Waals surface area contributed by atoms with E-state index in [-0.39, 0.29) is 24.4 Å². The van der Waals surface area contributed by atoms with Gasteiger partial charge in [-0.1, -0.05) is 6.92 Å². The summed E-state index contributed by atoms with van der Waals surface area (Å²) in [6, 6.07) is 2.88. The second kappa shape index (κ2) is 4.88. The van der Waals surface area contributed by atoms with E-state index in [1.54, 1.807) is 6.92 Å². The van der Waals surface area contributed by atoms with Gasteiger partial charge in [-0.25, -0.2) is 17.2 Å². The molecule has 0 spiro atoms. The van der Waals surface area contributed by atoms with Gasteiger partial charge in [0.25, 0.3) is 5.91 Å². The second-order valence-corrected chi connectivity index (χ2v) is 6.98. The van der Waals surface area contributed by atoms with Gasteiger partial charge >= 0.3 is 0 Å². The number of carbonyl (C=O) groups excluding carboxylic acids is 1. The first kappa shape index (κ1) is 13.9. The summed E-state index contributed by atoms with van der Waals surface area (Å²) in [5, 5.41) is -0.549. The van der Waals surface area contributed by atoms with Crippen LogP contribution in [0.5, 0.6) is 0 Å². The molecule has 19 heavy (non-hydrogen) atoms. The van der Waals surface area contributed by atoms with E-state index >= 15 is 0 Å².